The summed E-state index contributed by atoms with van der Waals surface area (Å²) in [5.74, 6) is 0.562. The van der Waals surface area contributed by atoms with Gasteiger partial charge in [0, 0.05) is 25.2 Å². The lowest BCUT2D eigenvalue weighted by atomic mass is 9.95. The highest BCUT2D eigenvalue weighted by atomic mass is 16.1. The second-order valence-corrected chi connectivity index (χ2v) is 5.58. The normalized spacial score (nSPS) is 21.8. The smallest absolute Gasteiger partial charge is 0.144 e. The summed E-state index contributed by atoms with van der Waals surface area (Å²) < 4.78 is 2.08. The summed E-state index contributed by atoms with van der Waals surface area (Å²) in [7, 11) is 0. The first-order valence-corrected chi connectivity index (χ1v) is 7.10. The van der Waals surface area contributed by atoms with Crippen LogP contribution in [0.15, 0.2) is 12.3 Å². The maximum atomic E-state index is 11.9. The molecular formula is C14H21N3O. The summed E-state index contributed by atoms with van der Waals surface area (Å²) in [4.78, 5) is 11.9. The average Bonchev–Trinajstić information content (AvgIpc) is 2.76. The predicted octanol–water partition coefficient (Wildman–Crippen LogP) is 1.72. The van der Waals surface area contributed by atoms with Gasteiger partial charge < -0.3 is 5.32 Å². The Labute approximate surface area is 108 Å². The highest BCUT2D eigenvalue weighted by Crippen LogP contribution is 2.27. The van der Waals surface area contributed by atoms with Crippen molar-refractivity contribution in [3.8, 4) is 0 Å². The number of ketones is 1. The Morgan fingerprint density at radius 3 is 2.78 bits per heavy atom. The molecule has 2 fully saturated rings. The van der Waals surface area contributed by atoms with Gasteiger partial charge in [-0.15, -0.1) is 0 Å². The van der Waals surface area contributed by atoms with Crippen LogP contribution in [0.3, 0.4) is 0 Å². The maximum Gasteiger partial charge on any atom is 0.144 e. The minimum atomic E-state index is 0.227. The van der Waals surface area contributed by atoms with Crippen molar-refractivity contribution in [2.45, 2.75) is 44.6 Å². The molecule has 98 valence electrons. The summed E-state index contributed by atoms with van der Waals surface area (Å²) >= 11 is 0. The summed E-state index contributed by atoms with van der Waals surface area (Å²) in [6.07, 6.45) is 9.02. The molecule has 1 saturated carbocycles. The zero-order valence-electron chi connectivity index (χ0n) is 10.8. The molecule has 0 aromatic carbocycles. The molecule has 4 heteroatoms. The number of nitrogens with one attached hydrogen (secondary N) is 1. The van der Waals surface area contributed by atoms with Crippen LogP contribution < -0.4 is 5.32 Å². The molecule has 1 aliphatic carbocycles. The van der Waals surface area contributed by atoms with E-state index in [1.54, 1.807) is 0 Å². The van der Waals surface area contributed by atoms with Crippen molar-refractivity contribution in [1.29, 1.82) is 0 Å². The number of carbonyl (C=O) groups is 1. The maximum absolute atomic E-state index is 11.9. The fraction of sp³-hybridized carbons (Fsp3) is 0.714. The molecule has 2 heterocycles. The number of nitrogens with zero attached hydrogens (tertiary/aromatic N) is 2. The van der Waals surface area contributed by atoms with Gasteiger partial charge in [-0.1, -0.05) is 19.3 Å². The van der Waals surface area contributed by atoms with Crippen LogP contribution in [0.1, 0.15) is 43.8 Å². The molecule has 1 aliphatic heterocycles. The second kappa shape index (κ2) is 5.22. The third-order valence-electron chi connectivity index (χ3n) is 4.20. The molecule has 0 amide bonds. The molecule has 0 bridgehead atoms. The van der Waals surface area contributed by atoms with Crippen LogP contribution in [0.4, 0.5) is 0 Å². The van der Waals surface area contributed by atoms with Gasteiger partial charge in [-0.25, -0.2) is 0 Å². The van der Waals surface area contributed by atoms with Crippen LogP contribution in [-0.4, -0.2) is 28.7 Å². The van der Waals surface area contributed by atoms with Gasteiger partial charge in [0.25, 0.3) is 0 Å². The number of hydrogen-bond acceptors (Lipinski definition) is 3. The third-order valence-corrected chi connectivity index (χ3v) is 4.20. The molecule has 18 heavy (non-hydrogen) atoms. The molecule has 0 spiro atoms. The Balaban J connectivity index is 1.60. The van der Waals surface area contributed by atoms with E-state index in [4.69, 9.17) is 0 Å². The monoisotopic (exact) mass is 247 g/mol. The molecule has 1 aromatic rings. The molecule has 3 rings (SSSR count). The van der Waals surface area contributed by atoms with Gasteiger partial charge in [0.15, 0.2) is 0 Å². The number of carbonyl (C=O) groups excluding carboxylic acids is 1. The number of Topliss-reactive ketones (excluding diaryl/α,β-unsaturated/α-hetero) is 1. The van der Waals surface area contributed by atoms with Crippen molar-refractivity contribution in [1.82, 2.24) is 15.1 Å². The van der Waals surface area contributed by atoms with E-state index < -0.39 is 0 Å². The topological polar surface area (TPSA) is 46.9 Å². The van der Waals surface area contributed by atoms with Crippen LogP contribution in [0.2, 0.25) is 0 Å². The zero-order chi connectivity index (χ0) is 12.4. The molecular weight excluding hydrogens is 226 g/mol. The summed E-state index contributed by atoms with van der Waals surface area (Å²) in [5, 5.41) is 7.73. The first-order valence-electron chi connectivity index (χ1n) is 7.10. The lowest BCUT2D eigenvalue weighted by molar-refractivity contribution is -0.123. The average molecular weight is 247 g/mol. The van der Waals surface area contributed by atoms with Crippen molar-refractivity contribution >= 4 is 5.78 Å². The van der Waals surface area contributed by atoms with E-state index in [1.807, 2.05) is 6.07 Å². The minimum Gasteiger partial charge on any atom is -0.315 e. The van der Waals surface area contributed by atoms with Crippen molar-refractivity contribution in [3.05, 3.63) is 18.0 Å². The Morgan fingerprint density at radius 2 is 2.11 bits per heavy atom. The van der Waals surface area contributed by atoms with Crippen LogP contribution in [0.5, 0.6) is 0 Å². The lowest BCUT2D eigenvalue weighted by Crippen LogP contribution is -2.47. The Morgan fingerprint density at radius 1 is 1.33 bits per heavy atom. The van der Waals surface area contributed by atoms with Crippen LogP contribution in [0, 0.1) is 5.92 Å². The molecule has 0 unspecified atom stereocenters. The van der Waals surface area contributed by atoms with Gasteiger partial charge in [0.05, 0.1) is 18.2 Å². The molecule has 0 radical (unpaired) electrons. The quantitative estimate of drug-likeness (QED) is 0.881. The standard InChI is InChI=1S/C14H21N3O/c18-14(11-9-15-10-11)8-12-6-7-17(16-12)13-4-2-1-3-5-13/h6-7,11,13,15H,1-5,8-10H2. The summed E-state index contributed by atoms with van der Waals surface area (Å²) in [6.45, 7) is 1.70. The van der Waals surface area contributed by atoms with E-state index in [0.29, 0.717) is 18.2 Å². The summed E-state index contributed by atoms with van der Waals surface area (Å²) in [6, 6.07) is 2.58. The van der Waals surface area contributed by atoms with Gasteiger partial charge in [-0.05, 0) is 18.9 Å². The Kier molecular flexibility index (Phi) is 3.46. The van der Waals surface area contributed by atoms with E-state index in [9.17, 15) is 4.79 Å². The third kappa shape index (κ3) is 2.48. The lowest BCUT2D eigenvalue weighted by Gasteiger charge is -2.25. The summed E-state index contributed by atoms with van der Waals surface area (Å²) in [5.41, 5.74) is 0.942. The van der Waals surface area contributed by atoms with Gasteiger partial charge in [0.2, 0.25) is 0 Å². The van der Waals surface area contributed by atoms with Crippen molar-refractivity contribution < 1.29 is 4.79 Å². The van der Waals surface area contributed by atoms with E-state index in [2.05, 4.69) is 21.3 Å². The van der Waals surface area contributed by atoms with E-state index in [1.165, 1.54) is 32.1 Å². The van der Waals surface area contributed by atoms with Gasteiger partial charge in [0.1, 0.15) is 5.78 Å². The molecule has 4 nitrogen and oxygen atoms in total. The van der Waals surface area contributed by atoms with E-state index in [0.717, 1.165) is 18.8 Å². The highest BCUT2D eigenvalue weighted by Gasteiger charge is 2.25. The molecule has 0 atom stereocenters. The molecule has 1 aromatic heterocycles. The number of rotatable bonds is 4. The molecule has 1 saturated heterocycles. The van der Waals surface area contributed by atoms with Gasteiger partial charge in [-0.2, -0.15) is 5.10 Å². The van der Waals surface area contributed by atoms with Crippen molar-refractivity contribution in [2.75, 3.05) is 13.1 Å². The van der Waals surface area contributed by atoms with Gasteiger partial charge in [-0.3, -0.25) is 9.48 Å². The number of aromatic nitrogens is 2. The van der Waals surface area contributed by atoms with Crippen molar-refractivity contribution in [3.63, 3.8) is 0 Å². The zero-order valence-corrected chi connectivity index (χ0v) is 10.8. The largest absolute Gasteiger partial charge is 0.315 e. The van der Waals surface area contributed by atoms with E-state index >= 15 is 0 Å². The molecule has 2 aliphatic rings. The van der Waals surface area contributed by atoms with Crippen molar-refractivity contribution in [2.24, 2.45) is 5.92 Å². The van der Waals surface area contributed by atoms with Crippen LogP contribution in [-0.2, 0) is 11.2 Å². The first-order chi connectivity index (χ1) is 8.83. The second-order valence-electron chi connectivity index (χ2n) is 5.58. The highest BCUT2D eigenvalue weighted by molar-refractivity contribution is 5.84. The molecule has 1 N–H and O–H groups in total. The minimum absolute atomic E-state index is 0.227. The Hall–Kier alpha value is -1.16. The Bertz CT molecular complexity index is 416. The predicted molar refractivity (Wildman–Crippen MR) is 69.4 cm³/mol. The first kappa shape index (κ1) is 11.9. The van der Waals surface area contributed by atoms with Crippen LogP contribution >= 0.6 is 0 Å². The fourth-order valence-corrected chi connectivity index (χ4v) is 2.86. The number of hydrogen-bond donors (Lipinski definition) is 1. The van der Waals surface area contributed by atoms with Gasteiger partial charge >= 0.3 is 0 Å². The SMILES string of the molecule is O=C(Cc1ccn(C2CCCCC2)n1)C1CNC1. The van der Waals surface area contributed by atoms with Crippen LogP contribution in [0.25, 0.3) is 0 Å². The van der Waals surface area contributed by atoms with E-state index in [-0.39, 0.29) is 5.92 Å². The fourth-order valence-electron chi connectivity index (χ4n) is 2.86.